The molecular formula is C20H19FN4O3. The van der Waals surface area contributed by atoms with Gasteiger partial charge in [-0.2, -0.15) is 0 Å². The zero-order chi connectivity index (χ0) is 19.8. The molecule has 3 amide bonds. The zero-order valence-electron chi connectivity index (χ0n) is 15.2. The number of aromatic nitrogens is 1. The number of carbonyl (C=O) groups excluding carboxylic acids is 2. The van der Waals surface area contributed by atoms with Crippen LogP contribution in [0, 0.1) is 18.7 Å². The van der Waals surface area contributed by atoms with Gasteiger partial charge in [-0.15, -0.1) is 0 Å². The van der Waals surface area contributed by atoms with Crippen molar-refractivity contribution in [3.05, 3.63) is 59.4 Å². The van der Waals surface area contributed by atoms with Crippen LogP contribution in [0.15, 0.2) is 41.1 Å². The minimum Gasteiger partial charge on any atom is -0.459 e. The summed E-state index contributed by atoms with van der Waals surface area (Å²) in [5.74, 6) is -0.0804. The van der Waals surface area contributed by atoms with Gasteiger partial charge in [0, 0.05) is 17.1 Å². The van der Waals surface area contributed by atoms with Gasteiger partial charge in [0.25, 0.3) is 0 Å². The molecular weight excluding hydrogens is 363 g/mol. The van der Waals surface area contributed by atoms with Gasteiger partial charge in [-0.3, -0.25) is 9.78 Å². The fourth-order valence-electron chi connectivity index (χ4n) is 3.29. The van der Waals surface area contributed by atoms with Gasteiger partial charge in [0.2, 0.25) is 5.91 Å². The standard InChI is InChI=1S/C20H19FN4O3/c1-10-15-7-13(21)4-5-16(15)28-18(10)17(11-2-3-11)25-20(27)24-14-6-12(19(22)26)8-23-9-14/h4-9,11,17H,2-3H2,1H3,(H2,22,26)(H2,24,25,27)/t17-/m0/s1. The fourth-order valence-corrected chi connectivity index (χ4v) is 3.29. The van der Waals surface area contributed by atoms with Crippen LogP contribution in [-0.2, 0) is 0 Å². The molecule has 8 heteroatoms. The molecule has 144 valence electrons. The summed E-state index contributed by atoms with van der Waals surface area (Å²) in [4.78, 5) is 27.7. The fraction of sp³-hybridized carbons (Fsp3) is 0.250. The molecule has 2 aromatic heterocycles. The third-order valence-electron chi connectivity index (χ3n) is 4.88. The lowest BCUT2D eigenvalue weighted by Crippen LogP contribution is -2.34. The molecule has 28 heavy (non-hydrogen) atoms. The maximum Gasteiger partial charge on any atom is 0.319 e. The van der Waals surface area contributed by atoms with Crippen molar-refractivity contribution >= 4 is 28.6 Å². The third kappa shape index (κ3) is 3.53. The van der Waals surface area contributed by atoms with Crippen LogP contribution in [0.5, 0.6) is 0 Å². The van der Waals surface area contributed by atoms with Gasteiger partial charge in [-0.25, -0.2) is 9.18 Å². The largest absolute Gasteiger partial charge is 0.459 e. The number of nitrogens with zero attached hydrogens (tertiary/aromatic N) is 1. The Bertz CT molecular complexity index is 1070. The molecule has 0 saturated heterocycles. The summed E-state index contributed by atoms with van der Waals surface area (Å²) in [5.41, 5.74) is 7.18. The number of benzene rings is 1. The Labute approximate surface area is 160 Å². The number of aryl methyl sites for hydroxylation is 1. The third-order valence-corrected chi connectivity index (χ3v) is 4.88. The molecule has 1 aromatic carbocycles. The minimum atomic E-state index is -0.627. The monoisotopic (exact) mass is 382 g/mol. The number of rotatable bonds is 5. The molecule has 0 radical (unpaired) electrons. The van der Waals surface area contributed by atoms with E-state index in [0.717, 1.165) is 18.4 Å². The molecule has 0 bridgehead atoms. The summed E-state index contributed by atoms with van der Waals surface area (Å²) in [6, 6.07) is 5.04. The number of pyridine rings is 1. The number of halogens is 1. The van der Waals surface area contributed by atoms with Crippen LogP contribution in [0.2, 0.25) is 0 Å². The molecule has 0 spiro atoms. The number of hydrogen-bond acceptors (Lipinski definition) is 4. The molecule has 0 aliphatic heterocycles. The first-order chi connectivity index (χ1) is 13.4. The Morgan fingerprint density at radius 3 is 2.79 bits per heavy atom. The van der Waals surface area contributed by atoms with Gasteiger partial charge in [0.1, 0.15) is 17.2 Å². The first-order valence-corrected chi connectivity index (χ1v) is 8.93. The zero-order valence-corrected chi connectivity index (χ0v) is 15.2. The maximum atomic E-state index is 13.6. The van der Waals surface area contributed by atoms with E-state index in [4.69, 9.17) is 10.2 Å². The Balaban J connectivity index is 1.56. The summed E-state index contributed by atoms with van der Waals surface area (Å²) >= 11 is 0. The van der Waals surface area contributed by atoms with E-state index in [1.54, 1.807) is 6.07 Å². The number of nitrogens with one attached hydrogen (secondary N) is 2. The van der Waals surface area contributed by atoms with Crippen molar-refractivity contribution in [1.29, 1.82) is 0 Å². The number of anilines is 1. The van der Waals surface area contributed by atoms with E-state index in [-0.39, 0.29) is 23.3 Å². The van der Waals surface area contributed by atoms with Crippen molar-refractivity contribution in [1.82, 2.24) is 10.3 Å². The second kappa shape index (κ2) is 6.95. The highest BCUT2D eigenvalue weighted by Crippen LogP contribution is 2.44. The topological polar surface area (TPSA) is 110 Å². The number of primary amides is 1. The SMILES string of the molecule is Cc1c([C@@H](NC(=O)Nc2cncc(C(N)=O)c2)C2CC2)oc2ccc(F)cc12. The Kier molecular flexibility index (Phi) is 4.46. The normalized spacial score (nSPS) is 14.6. The summed E-state index contributed by atoms with van der Waals surface area (Å²) in [6.07, 6.45) is 4.69. The molecule has 1 saturated carbocycles. The first-order valence-electron chi connectivity index (χ1n) is 8.93. The van der Waals surface area contributed by atoms with Crippen LogP contribution >= 0.6 is 0 Å². The number of furan rings is 1. The van der Waals surface area contributed by atoms with Crippen molar-refractivity contribution in [3.8, 4) is 0 Å². The van der Waals surface area contributed by atoms with Gasteiger partial charge < -0.3 is 20.8 Å². The molecule has 1 aliphatic carbocycles. The van der Waals surface area contributed by atoms with Gasteiger partial charge >= 0.3 is 6.03 Å². The van der Waals surface area contributed by atoms with Gasteiger partial charge in [-0.1, -0.05) is 0 Å². The lowest BCUT2D eigenvalue weighted by molar-refractivity contribution is 0.1000. The van der Waals surface area contributed by atoms with Crippen LogP contribution in [0.3, 0.4) is 0 Å². The average molecular weight is 382 g/mol. The van der Waals surface area contributed by atoms with Gasteiger partial charge in [0.15, 0.2) is 0 Å². The number of urea groups is 1. The molecule has 7 nitrogen and oxygen atoms in total. The highest BCUT2D eigenvalue weighted by molar-refractivity contribution is 5.95. The number of amides is 3. The number of fused-ring (bicyclic) bond motifs is 1. The second-order valence-corrected chi connectivity index (χ2v) is 6.97. The molecule has 4 rings (SSSR count). The van der Waals surface area contributed by atoms with Crippen molar-refractivity contribution in [2.45, 2.75) is 25.8 Å². The average Bonchev–Trinajstić information content (AvgIpc) is 3.45. The van der Waals surface area contributed by atoms with Crippen LogP contribution in [-0.4, -0.2) is 16.9 Å². The van der Waals surface area contributed by atoms with E-state index in [1.165, 1.54) is 30.6 Å². The summed E-state index contributed by atoms with van der Waals surface area (Å²) in [5, 5.41) is 6.28. The molecule has 0 unspecified atom stereocenters. The number of hydrogen-bond donors (Lipinski definition) is 3. The van der Waals surface area contributed by atoms with Crippen molar-refractivity contribution in [3.63, 3.8) is 0 Å². The molecule has 4 N–H and O–H groups in total. The predicted molar refractivity (Wildman–Crippen MR) is 101 cm³/mol. The molecule has 3 aromatic rings. The highest BCUT2D eigenvalue weighted by Gasteiger charge is 2.37. The lowest BCUT2D eigenvalue weighted by atomic mass is 10.0. The lowest BCUT2D eigenvalue weighted by Gasteiger charge is -2.17. The summed E-state index contributed by atoms with van der Waals surface area (Å²) in [6.45, 7) is 1.86. The maximum absolute atomic E-state index is 13.6. The van der Waals surface area contributed by atoms with E-state index in [1.807, 2.05) is 6.92 Å². The number of nitrogens with two attached hydrogens (primary N) is 1. The predicted octanol–water partition coefficient (Wildman–Crippen LogP) is 3.65. The molecule has 1 atom stereocenters. The second-order valence-electron chi connectivity index (χ2n) is 6.97. The number of carbonyl (C=O) groups is 2. The van der Waals surface area contributed by atoms with Crippen LogP contribution in [0.25, 0.3) is 11.0 Å². The molecule has 2 heterocycles. The highest BCUT2D eigenvalue weighted by atomic mass is 19.1. The van der Waals surface area contributed by atoms with E-state index in [9.17, 15) is 14.0 Å². The Morgan fingerprint density at radius 2 is 2.07 bits per heavy atom. The minimum absolute atomic E-state index is 0.201. The van der Waals surface area contributed by atoms with Crippen molar-refractivity contribution < 1.29 is 18.4 Å². The molecule has 1 aliphatic rings. The quantitative estimate of drug-likeness (QED) is 0.625. The van der Waals surface area contributed by atoms with Crippen LogP contribution in [0.1, 0.15) is 40.6 Å². The summed E-state index contributed by atoms with van der Waals surface area (Å²) in [7, 11) is 0. The van der Waals surface area contributed by atoms with Crippen molar-refractivity contribution in [2.75, 3.05) is 5.32 Å². The Hall–Kier alpha value is -3.42. The van der Waals surface area contributed by atoms with E-state index >= 15 is 0 Å². The van der Waals surface area contributed by atoms with E-state index in [2.05, 4.69) is 15.6 Å². The van der Waals surface area contributed by atoms with Gasteiger partial charge in [-0.05, 0) is 49.9 Å². The van der Waals surface area contributed by atoms with Gasteiger partial charge in [0.05, 0.1) is 23.5 Å². The van der Waals surface area contributed by atoms with Crippen LogP contribution < -0.4 is 16.4 Å². The first kappa shape index (κ1) is 18.0. The van der Waals surface area contributed by atoms with Crippen molar-refractivity contribution in [2.24, 2.45) is 11.7 Å². The molecule has 1 fully saturated rings. The van der Waals surface area contributed by atoms with E-state index < -0.39 is 11.9 Å². The smallest absolute Gasteiger partial charge is 0.319 e. The van der Waals surface area contributed by atoms with Crippen LogP contribution in [0.4, 0.5) is 14.9 Å². The summed E-state index contributed by atoms with van der Waals surface area (Å²) < 4.78 is 19.5. The Morgan fingerprint density at radius 1 is 1.29 bits per heavy atom. The van der Waals surface area contributed by atoms with E-state index in [0.29, 0.717) is 22.4 Å².